The Morgan fingerprint density at radius 3 is 2.53 bits per heavy atom. The Morgan fingerprint density at radius 1 is 1.35 bits per heavy atom. The van der Waals surface area contributed by atoms with Gasteiger partial charge in [0, 0.05) is 17.1 Å². The Labute approximate surface area is 108 Å². The van der Waals surface area contributed by atoms with Crippen LogP contribution in [0.4, 0.5) is 0 Å². The van der Waals surface area contributed by atoms with Gasteiger partial charge in [-0.2, -0.15) is 0 Å². The summed E-state index contributed by atoms with van der Waals surface area (Å²) in [6.07, 6.45) is 3.31. The van der Waals surface area contributed by atoms with E-state index in [1.165, 1.54) is 5.56 Å². The van der Waals surface area contributed by atoms with E-state index < -0.39 is 0 Å². The molecule has 1 fully saturated rings. The molecule has 0 saturated heterocycles. The van der Waals surface area contributed by atoms with Crippen molar-refractivity contribution in [2.24, 2.45) is 0 Å². The molecule has 3 heteroatoms. The molecule has 2 nitrogen and oxygen atoms in total. The van der Waals surface area contributed by atoms with Crippen molar-refractivity contribution in [1.29, 1.82) is 0 Å². The number of hydrogen-bond acceptors (Lipinski definition) is 2. The molecule has 2 rings (SSSR count). The predicted molar refractivity (Wildman–Crippen MR) is 71.5 cm³/mol. The molecule has 0 bridgehead atoms. The van der Waals surface area contributed by atoms with Crippen molar-refractivity contribution < 1.29 is 5.11 Å². The molecule has 1 aromatic carbocycles. The molecule has 1 atom stereocenters. The quantitative estimate of drug-likeness (QED) is 0.846. The highest BCUT2D eigenvalue weighted by molar-refractivity contribution is 6.30. The maximum absolute atomic E-state index is 9.13. The molecule has 0 amide bonds. The van der Waals surface area contributed by atoms with Crippen LogP contribution in [0, 0.1) is 0 Å². The zero-order chi connectivity index (χ0) is 12.3. The second-order valence-corrected chi connectivity index (χ2v) is 5.31. The number of aliphatic hydroxyl groups is 1. The largest absolute Gasteiger partial charge is 0.395 e. The van der Waals surface area contributed by atoms with E-state index >= 15 is 0 Å². The Morgan fingerprint density at radius 2 is 2.00 bits per heavy atom. The molecule has 94 valence electrons. The fraction of sp³-hybridized carbons (Fsp3) is 0.571. The smallest absolute Gasteiger partial charge is 0.0584 e. The molecule has 2 N–H and O–H groups in total. The van der Waals surface area contributed by atoms with E-state index in [2.05, 4.69) is 24.4 Å². The van der Waals surface area contributed by atoms with E-state index in [-0.39, 0.29) is 12.6 Å². The number of rotatable bonds is 5. The van der Waals surface area contributed by atoms with Gasteiger partial charge in [0.1, 0.15) is 0 Å². The molecule has 17 heavy (non-hydrogen) atoms. The third-order valence-corrected chi connectivity index (χ3v) is 3.92. The van der Waals surface area contributed by atoms with Crippen molar-refractivity contribution in [1.82, 2.24) is 5.32 Å². The van der Waals surface area contributed by atoms with Crippen LogP contribution in [0.15, 0.2) is 24.3 Å². The summed E-state index contributed by atoms with van der Waals surface area (Å²) in [6, 6.07) is 8.97. The average molecular weight is 254 g/mol. The van der Waals surface area contributed by atoms with Gasteiger partial charge in [-0.05, 0) is 42.9 Å². The van der Waals surface area contributed by atoms with Crippen LogP contribution in [0.2, 0.25) is 5.02 Å². The lowest BCUT2D eigenvalue weighted by Gasteiger charge is -2.38. The van der Waals surface area contributed by atoms with Gasteiger partial charge < -0.3 is 10.4 Å². The van der Waals surface area contributed by atoms with E-state index in [1.807, 2.05) is 12.1 Å². The maximum Gasteiger partial charge on any atom is 0.0584 e. The first-order valence-electron chi connectivity index (χ1n) is 6.35. The summed E-state index contributed by atoms with van der Waals surface area (Å²) in [7, 11) is 0. The first kappa shape index (κ1) is 12.9. The fourth-order valence-corrected chi connectivity index (χ4v) is 2.52. The molecule has 0 aromatic heterocycles. The summed E-state index contributed by atoms with van der Waals surface area (Å²) in [6.45, 7) is 2.34. The first-order chi connectivity index (χ1) is 8.22. The Hall–Kier alpha value is -0.570. The third-order valence-electron chi connectivity index (χ3n) is 3.66. The van der Waals surface area contributed by atoms with Crippen LogP contribution >= 0.6 is 11.6 Å². The van der Waals surface area contributed by atoms with Gasteiger partial charge in [0.15, 0.2) is 0 Å². The summed E-state index contributed by atoms with van der Waals surface area (Å²) in [5.41, 5.74) is 1.38. The lowest BCUT2D eigenvalue weighted by molar-refractivity contribution is 0.193. The van der Waals surface area contributed by atoms with Crippen molar-refractivity contribution in [3.63, 3.8) is 0 Å². The SMILES string of the molecule is CCC(CO)NC1CC(c2ccc(Cl)cc2)C1. The van der Waals surface area contributed by atoms with E-state index in [1.54, 1.807) is 0 Å². The zero-order valence-electron chi connectivity index (χ0n) is 10.2. The minimum Gasteiger partial charge on any atom is -0.395 e. The van der Waals surface area contributed by atoms with Gasteiger partial charge in [-0.3, -0.25) is 0 Å². The van der Waals surface area contributed by atoms with E-state index in [9.17, 15) is 0 Å². The van der Waals surface area contributed by atoms with Crippen molar-refractivity contribution in [3.8, 4) is 0 Å². The number of nitrogens with one attached hydrogen (secondary N) is 1. The van der Waals surface area contributed by atoms with Gasteiger partial charge in [0.05, 0.1) is 6.61 Å². The Kier molecular flexibility index (Phi) is 4.43. The van der Waals surface area contributed by atoms with Crippen LogP contribution < -0.4 is 5.32 Å². The maximum atomic E-state index is 9.13. The molecule has 0 aliphatic heterocycles. The van der Waals surface area contributed by atoms with Gasteiger partial charge in [-0.25, -0.2) is 0 Å². The van der Waals surface area contributed by atoms with Crippen molar-refractivity contribution >= 4 is 11.6 Å². The van der Waals surface area contributed by atoms with E-state index in [4.69, 9.17) is 16.7 Å². The topological polar surface area (TPSA) is 32.3 Å². The van der Waals surface area contributed by atoms with E-state index in [0.717, 1.165) is 24.3 Å². The average Bonchev–Trinajstić information content (AvgIpc) is 2.30. The zero-order valence-corrected chi connectivity index (χ0v) is 11.0. The predicted octanol–water partition coefficient (Wildman–Crippen LogP) is 2.95. The Balaban J connectivity index is 1.80. The van der Waals surface area contributed by atoms with Crippen LogP contribution in [0.1, 0.15) is 37.7 Å². The van der Waals surface area contributed by atoms with Gasteiger partial charge >= 0.3 is 0 Å². The summed E-state index contributed by atoms with van der Waals surface area (Å²) < 4.78 is 0. The molecule has 1 aliphatic carbocycles. The normalized spacial score (nSPS) is 25.4. The van der Waals surface area contributed by atoms with Crippen LogP contribution in [0.25, 0.3) is 0 Å². The molecule has 0 heterocycles. The summed E-state index contributed by atoms with van der Waals surface area (Å²) in [5, 5.41) is 13.4. The molecule has 1 aromatic rings. The van der Waals surface area contributed by atoms with Crippen LogP contribution in [-0.2, 0) is 0 Å². The lowest BCUT2D eigenvalue weighted by Crippen LogP contribution is -2.46. The monoisotopic (exact) mass is 253 g/mol. The second kappa shape index (κ2) is 5.85. The van der Waals surface area contributed by atoms with E-state index in [0.29, 0.717) is 12.0 Å². The van der Waals surface area contributed by atoms with Gasteiger partial charge in [-0.15, -0.1) is 0 Å². The van der Waals surface area contributed by atoms with Gasteiger partial charge in [-0.1, -0.05) is 30.7 Å². The highest BCUT2D eigenvalue weighted by Crippen LogP contribution is 2.37. The fourth-order valence-electron chi connectivity index (χ4n) is 2.39. The summed E-state index contributed by atoms with van der Waals surface area (Å²) in [5.74, 6) is 0.654. The number of aliphatic hydroxyl groups excluding tert-OH is 1. The molecule has 0 radical (unpaired) electrons. The summed E-state index contributed by atoms with van der Waals surface area (Å²) in [4.78, 5) is 0. The van der Waals surface area contributed by atoms with Gasteiger partial charge in [0.2, 0.25) is 0 Å². The van der Waals surface area contributed by atoms with Crippen molar-refractivity contribution in [3.05, 3.63) is 34.9 Å². The molecule has 1 saturated carbocycles. The molecule has 0 spiro atoms. The highest BCUT2D eigenvalue weighted by Gasteiger charge is 2.31. The summed E-state index contributed by atoms with van der Waals surface area (Å²) >= 11 is 5.87. The molecule has 1 unspecified atom stereocenters. The minimum atomic E-state index is 0.235. The number of halogens is 1. The highest BCUT2D eigenvalue weighted by atomic mass is 35.5. The molecule has 1 aliphatic rings. The van der Waals surface area contributed by atoms with Gasteiger partial charge in [0.25, 0.3) is 0 Å². The van der Waals surface area contributed by atoms with Crippen molar-refractivity contribution in [2.45, 2.75) is 44.2 Å². The van der Waals surface area contributed by atoms with Crippen LogP contribution in [0.5, 0.6) is 0 Å². The third kappa shape index (κ3) is 3.21. The second-order valence-electron chi connectivity index (χ2n) is 4.87. The lowest BCUT2D eigenvalue weighted by atomic mass is 9.75. The Bertz CT molecular complexity index is 342. The minimum absolute atomic E-state index is 0.235. The first-order valence-corrected chi connectivity index (χ1v) is 6.73. The molecular formula is C14H20ClNO. The van der Waals surface area contributed by atoms with Crippen LogP contribution in [0.3, 0.4) is 0 Å². The number of hydrogen-bond donors (Lipinski definition) is 2. The van der Waals surface area contributed by atoms with Crippen molar-refractivity contribution in [2.75, 3.05) is 6.61 Å². The molecular weight excluding hydrogens is 234 g/mol. The standard InChI is InChI=1S/C14H20ClNO/c1-2-13(9-17)16-14-7-11(8-14)10-3-5-12(15)6-4-10/h3-6,11,13-14,16-17H,2,7-9H2,1H3. The number of benzene rings is 1. The van der Waals surface area contributed by atoms with Crippen LogP contribution in [-0.4, -0.2) is 23.8 Å².